The summed E-state index contributed by atoms with van der Waals surface area (Å²) in [4.78, 5) is 30.7. The summed E-state index contributed by atoms with van der Waals surface area (Å²) in [6, 6.07) is 9.46. The van der Waals surface area contributed by atoms with Crippen LogP contribution in [-0.4, -0.2) is 41.0 Å². The molecule has 2 heterocycles. The normalized spacial score (nSPS) is 12.4. The highest BCUT2D eigenvalue weighted by molar-refractivity contribution is 7.07. The van der Waals surface area contributed by atoms with Crippen LogP contribution in [0.5, 0.6) is 0 Å². The van der Waals surface area contributed by atoms with E-state index in [9.17, 15) is 9.59 Å². The van der Waals surface area contributed by atoms with E-state index in [0.29, 0.717) is 17.6 Å². The quantitative estimate of drug-likeness (QED) is 0.732. The number of para-hydroxylation sites is 2. The average molecular weight is 356 g/mol. The van der Waals surface area contributed by atoms with E-state index in [1.807, 2.05) is 37.7 Å². The van der Waals surface area contributed by atoms with E-state index in [-0.39, 0.29) is 24.1 Å². The zero-order valence-electron chi connectivity index (χ0n) is 14.2. The highest BCUT2D eigenvalue weighted by Gasteiger charge is 2.16. The number of carbonyl (C=O) groups excluding carboxylic acids is 1. The van der Waals surface area contributed by atoms with Gasteiger partial charge in [0.1, 0.15) is 6.54 Å². The molecule has 0 saturated carbocycles. The molecular weight excluding hydrogens is 336 g/mol. The van der Waals surface area contributed by atoms with Crippen LogP contribution in [0.3, 0.4) is 0 Å². The molecule has 1 amide bonds. The summed E-state index contributed by atoms with van der Waals surface area (Å²) in [5.41, 5.74) is 2.24. The Hall–Kier alpha value is -2.51. The summed E-state index contributed by atoms with van der Waals surface area (Å²) in [7, 11) is 3.96. The Morgan fingerprint density at radius 1 is 1.32 bits per heavy atom. The summed E-state index contributed by atoms with van der Waals surface area (Å²) in [5, 5.41) is 7.04. The Morgan fingerprint density at radius 3 is 2.84 bits per heavy atom. The summed E-state index contributed by atoms with van der Waals surface area (Å²) in [5.74, 6) is -0.194. The number of thiophene rings is 1. The van der Waals surface area contributed by atoms with Gasteiger partial charge in [0.2, 0.25) is 5.91 Å². The number of rotatable bonds is 6. The highest BCUT2D eigenvalue weighted by atomic mass is 32.1. The maximum atomic E-state index is 12.4. The van der Waals surface area contributed by atoms with Crippen molar-refractivity contribution in [2.24, 2.45) is 0 Å². The lowest BCUT2D eigenvalue weighted by Gasteiger charge is -2.24. The Balaban J connectivity index is 1.73. The molecule has 1 N–H and O–H groups in total. The number of aromatic nitrogens is 2. The van der Waals surface area contributed by atoms with Crippen LogP contribution in [0.25, 0.3) is 11.0 Å². The zero-order chi connectivity index (χ0) is 17.8. The first kappa shape index (κ1) is 17.3. The number of hydrogen-bond acceptors (Lipinski definition) is 5. The van der Waals surface area contributed by atoms with Crippen molar-refractivity contribution in [1.82, 2.24) is 19.8 Å². The van der Waals surface area contributed by atoms with Gasteiger partial charge in [-0.3, -0.25) is 14.2 Å². The molecule has 3 aromatic rings. The predicted molar refractivity (Wildman–Crippen MR) is 99.8 cm³/mol. The smallest absolute Gasteiger partial charge is 0.269 e. The van der Waals surface area contributed by atoms with Crippen molar-refractivity contribution in [2.45, 2.75) is 12.6 Å². The molecule has 6 nitrogen and oxygen atoms in total. The third-order valence-corrected chi connectivity index (χ3v) is 4.80. The van der Waals surface area contributed by atoms with Gasteiger partial charge in [0, 0.05) is 6.54 Å². The summed E-state index contributed by atoms with van der Waals surface area (Å²) in [6.07, 6.45) is 1.25. The fraction of sp³-hybridized carbons (Fsp3) is 0.278. The summed E-state index contributed by atoms with van der Waals surface area (Å²) in [6.45, 7) is 0.464. The minimum Gasteiger partial charge on any atom is -0.353 e. The fourth-order valence-corrected chi connectivity index (χ4v) is 3.46. The number of amides is 1. The number of nitrogens with one attached hydrogen (secondary N) is 1. The molecule has 25 heavy (non-hydrogen) atoms. The first-order valence-corrected chi connectivity index (χ1v) is 8.90. The fourth-order valence-electron chi connectivity index (χ4n) is 2.75. The van der Waals surface area contributed by atoms with E-state index >= 15 is 0 Å². The lowest BCUT2D eigenvalue weighted by Crippen LogP contribution is -2.37. The monoisotopic (exact) mass is 356 g/mol. The second kappa shape index (κ2) is 7.58. The Labute approximate surface area is 149 Å². The van der Waals surface area contributed by atoms with Gasteiger partial charge in [-0.2, -0.15) is 11.3 Å². The molecule has 0 unspecified atom stereocenters. The van der Waals surface area contributed by atoms with Crippen molar-refractivity contribution in [1.29, 1.82) is 0 Å². The van der Waals surface area contributed by atoms with Gasteiger partial charge in [-0.15, -0.1) is 0 Å². The number of likely N-dealkylation sites (N-methyl/N-ethyl adjacent to an activating group) is 1. The van der Waals surface area contributed by atoms with Gasteiger partial charge < -0.3 is 10.2 Å². The number of carbonyl (C=O) groups is 1. The van der Waals surface area contributed by atoms with Crippen molar-refractivity contribution < 1.29 is 4.79 Å². The molecule has 0 spiro atoms. The van der Waals surface area contributed by atoms with Crippen molar-refractivity contribution in [3.05, 3.63) is 63.2 Å². The van der Waals surface area contributed by atoms with Gasteiger partial charge in [-0.05, 0) is 48.6 Å². The maximum Gasteiger partial charge on any atom is 0.269 e. The van der Waals surface area contributed by atoms with Crippen LogP contribution in [-0.2, 0) is 11.3 Å². The van der Waals surface area contributed by atoms with Crippen LogP contribution < -0.4 is 10.9 Å². The molecule has 0 aliphatic rings. The SMILES string of the molecule is CN(C)[C@H](CNC(=O)Cn1c(=O)cnc2ccccc21)c1ccsc1. The molecule has 1 atom stereocenters. The van der Waals surface area contributed by atoms with Gasteiger partial charge in [-0.1, -0.05) is 12.1 Å². The van der Waals surface area contributed by atoms with Gasteiger partial charge in [0.25, 0.3) is 5.56 Å². The Morgan fingerprint density at radius 2 is 2.12 bits per heavy atom. The largest absolute Gasteiger partial charge is 0.353 e. The second-order valence-corrected chi connectivity index (χ2v) is 6.79. The molecule has 0 fully saturated rings. The van der Waals surface area contributed by atoms with Crippen molar-refractivity contribution in [2.75, 3.05) is 20.6 Å². The van der Waals surface area contributed by atoms with Gasteiger partial charge in [0.05, 0.1) is 23.3 Å². The van der Waals surface area contributed by atoms with Gasteiger partial charge in [-0.25, -0.2) is 4.98 Å². The molecular formula is C18H20N4O2S. The van der Waals surface area contributed by atoms with Gasteiger partial charge in [0.15, 0.2) is 0 Å². The van der Waals surface area contributed by atoms with E-state index in [1.165, 1.54) is 16.3 Å². The van der Waals surface area contributed by atoms with E-state index in [1.54, 1.807) is 17.4 Å². The van der Waals surface area contributed by atoms with Crippen LogP contribution in [0.15, 0.2) is 52.1 Å². The summed E-state index contributed by atoms with van der Waals surface area (Å²) >= 11 is 1.63. The number of hydrogen-bond donors (Lipinski definition) is 1. The minimum atomic E-state index is -0.282. The van der Waals surface area contributed by atoms with E-state index in [2.05, 4.69) is 26.6 Å². The van der Waals surface area contributed by atoms with E-state index in [0.717, 1.165) is 0 Å². The van der Waals surface area contributed by atoms with Crippen LogP contribution in [0, 0.1) is 0 Å². The van der Waals surface area contributed by atoms with Crippen LogP contribution in [0.1, 0.15) is 11.6 Å². The molecule has 0 radical (unpaired) electrons. The predicted octanol–water partition coefficient (Wildman–Crippen LogP) is 1.88. The average Bonchev–Trinajstić information content (AvgIpc) is 3.11. The van der Waals surface area contributed by atoms with Crippen LogP contribution in [0.4, 0.5) is 0 Å². The maximum absolute atomic E-state index is 12.4. The number of benzene rings is 1. The second-order valence-electron chi connectivity index (χ2n) is 6.01. The lowest BCUT2D eigenvalue weighted by molar-refractivity contribution is -0.121. The first-order chi connectivity index (χ1) is 12.1. The molecule has 0 aliphatic carbocycles. The highest BCUT2D eigenvalue weighted by Crippen LogP contribution is 2.19. The van der Waals surface area contributed by atoms with Crippen LogP contribution >= 0.6 is 11.3 Å². The zero-order valence-corrected chi connectivity index (χ0v) is 15.0. The van der Waals surface area contributed by atoms with Gasteiger partial charge >= 0.3 is 0 Å². The standard InChI is InChI=1S/C18H20N4O2S/c1-21(2)16(13-7-8-25-12-13)9-20-17(23)11-22-15-6-4-3-5-14(15)19-10-18(22)24/h3-8,10,12,16H,9,11H2,1-2H3,(H,20,23)/t16-/m1/s1. The summed E-state index contributed by atoms with van der Waals surface area (Å²) < 4.78 is 1.45. The molecule has 1 aromatic carbocycles. The third-order valence-electron chi connectivity index (χ3n) is 4.10. The van der Waals surface area contributed by atoms with E-state index in [4.69, 9.17) is 0 Å². The molecule has 2 aromatic heterocycles. The van der Waals surface area contributed by atoms with Crippen LogP contribution in [0.2, 0.25) is 0 Å². The number of nitrogens with zero attached hydrogens (tertiary/aromatic N) is 3. The topological polar surface area (TPSA) is 67.2 Å². The molecule has 0 bridgehead atoms. The van der Waals surface area contributed by atoms with E-state index < -0.39 is 0 Å². The third kappa shape index (κ3) is 3.94. The Kier molecular flexibility index (Phi) is 5.25. The molecule has 7 heteroatoms. The lowest BCUT2D eigenvalue weighted by atomic mass is 10.1. The van der Waals surface area contributed by atoms with Crippen molar-refractivity contribution in [3.8, 4) is 0 Å². The molecule has 130 valence electrons. The molecule has 0 saturated heterocycles. The minimum absolute atomic E-state index is 0.0222. The molecule has 0 aliphatic heterocycles. The van der Waals surface area contributed by atoms with Crippen molar-refractivity contribution in [3.63, 3.8) is 0 Å². The Bertz CT molecular complexity index is 918. The number of fused-ring (bicyclic) bond motifs is 1. The van der Waals surface area contributed by atoms with Crippen molar-refractivity contribution >= 4 is 28.3 Å². The first-order valence-electron chi connectivity index (χ1n) is 7.96. The molecule has 3 rings (SSSR count).